The Hall–Kier alpha value is 1.09. The smallest absolute Gasteiger partial charge is 0.155 e. The van der Waals surface area contributed by atoms with Crippen LogP contribution in [0.15, 0.2) is 0 Å². The predicted octanol–water partition coefficient (Wildman–Crippen LogP) is 2.66. The molecule has 0 radical (unpaired) electrons. The molecule has 44 valence electrons. The fourth-order valence-corrected chi connectivity index (χ4v) is 3.90. The molecule has 0 aromatic carbocycles. The van der Waals surface area contributed by atoms with E-state index in [1.165, 1.54) is 2.88 Å². The number of aryl methyl sites for hydroxylation is 1. The zero-order valence-corrected chi connectivity index (χ0v) is 9.24. The lowest BCUT2D eigenvalue weighted by Gasteiger charge is -1.75. The van der Waals surface area contributed by atoms with E-state index in [2.05, 4.69) is 50.2 Å². The minimum atomic E-state index is 1.13. The maximum absolute atomic E-state index is 4.21. The van der Waals surface area contributed by atoms with Crippen molar-refractivity contribution < 1.29 is 0 Å². The van der Waals surface area contributed by atoms with E-state index in [-0.39, 0.29) is 0 Å². The molecule has 0 spiro atoms. The summed E-state index contributed by atoms with van der Waals surface area (Å²) in [4.78, 5) is 4.21. The molecule has 1 aromatic rings. The van der Waals surface area contributed by atoms with Crippen LogP contribution < -0.4 is 0 Å². The Kier molecular flexibility index (Phi) is 2.50. The number of nitrogens with zero attached hydrogens (tertiary/aromatic N) is 1. The van der Waals surface area contributed by atoms with Crippen LogP contribution in [0, 0.1) is 12.8 Å². The van der Waals surface area contributed by atoms with E-state index in [9.17, 15) is 0 Å². The van der Waals surface area contributed by atoms with Crippen molar-refractivity contribution in [2.75, 3.05) is 0 Å². The Bertz CT molecular complexity index is 176. The molecule has 0 atom stereocenters. The Morgan fingerprint density at radius 3 is 2.25 bits per heavy atom. The molecule has 1 aromatic heterocycles. The zero-order chi connectivity index (χ0) is 6.15. The third kappa shape index (κ3) is 1.53. The molecule has 0 aliphatic heterocycles. The minimum absolute atomic E-state index is 1.13. The van der Waals surface area contributed by atoms with E-state index in [4.69, 9.17) is 0 Å². The first-order valence-corrected chi connectivity index (χ1v) is 4.96. The summed E-state index contributed by atoms with van der Waals surface area (Å²) in [6.07, 6.45) is 0. The number of hydrogen-bond donors (Lipinski definition) is 0. The van der Waals surface area contributed by atoms with Crippen LogP contribution in [0.3, 0.4) is 0 Å². The number of halogens is 2. The van der Waals surface area contributed by atoms with Crippen LogP contribution in [0.4, 0.5) is 0 Å². The predicted molar refractivity (Wildman–Crippen MR) is 52.3 cm³/mol. The summed E-state index contributed by atoms with van der Waals surface area (Å²) in [6, 6.07) is 0. The zero-order valence-electron chi connectivity index (χ0n) is 4.11. The highest BCUT2D eigenvalue weighted by Crippen LogP contribution is 2.20. The number of hydrogen-bond acceptors (Lipinski definition) is 2. The molecule has 1 nitrogen and oxygen atoms in total. The van der Waals surface area contributed by atoms with Gasteiger partial charge in [0.2, 0.25) is 0 Å². The van der Waals surface area contributed by atoms with Crippen LogP contribution in [0.25, 0.3) is 0 Å². The first-order chi connectivity index (χ1) is 3.70. The lowest BCUT2D eigenvalue weighted by molar-refractivity contribution is 1.23. The fourth-order valence-electron chi connectivity index (χ4n) is 0.346. The van der Waals surface area contributed by atoms with Crippen LogP contribution in [-0.2, 0) is 0 Å². The van der Waals surface area contributed by atoms with E-state index in [1.807, 2.05) is 6.92 Å². The average Bonchev–Trinajstić information content (AvgIpc) is 1.85. The Balaban J connectivity index is 3.14. The van der Waals surface area contributed by atoms with Gasteiger partial charge >= 0.3 is 0 Å². The molecule has 0 aliphatic carbocycles. The van der Waals surface area contributed by atoms with Crippen LogP contribution in [0.2, 0.25) is 0 Å². The SMILES string of the molecule is Cc1nc(I)sc1I. The first kappa shape index (κ1) is 7.20. The van der Waals surface area contributed by atoms with Gasteiger partial charge in [-0.3, -0.25) is 0 Å². The van der Waals surface area contributed by atoms with Gasteiger partial charge in [0.25, 0.3) is 0 Å². The molecule has 1 rings (SSSR count). The summed E-state index contributed by atoms with van der Waals surface area (Å²) in [5, 5.41) is 0. The Labute approximate surface area is 79.2 Å². The van der Waals surface area contributed by atoms with Crippen LogP contribution in [0.1, 0.15) is 5.69 Å². The molecule has 0 saturated heterocycles. The lowest BCUT2D eigenvalue weighted by Crippen LogP contribution is -1.70. The van der Waals surface area contributed by atoms with Gasteiger partial charge in [0, 0.05) is 0 Å². The third-order valence-corrected chi connectivity index (χ3v) is 3.79. The Morgan fingerprint density at radius 2 is 2.12 bits per heavy atom. The molecule has 0 fully saturated rings. The van der Waals surface area contributed by atoms with Crippen molar-refractivity contribution in [2.24, 2.45) is 0 Å². The van der Waals surface area contributed by atoms with Crippen LogP contribution in [-0.4, -0.2) is 4.98 Å². The van der Waals surface area contributed by atoms with Crippen LogP contribution >= 0.6 is 56.5 Å². The maximum Gasteiger partial charge on any atom is 0.155 e. The van der Waals surface area contributed by atoms with Crippen molar-refractivity contribution >= 4 is 56.5 Å². The molecule has 0 unspecified atom stereocenters. The summed E-state index contributed by atoms with van der Waals surface area (Å²) in [5.41, 5.74) is 1.15. The molecular formula is C4H3I2NS. The second-order valence-electron chi connectivity index (χ2n) is 1.33. The first-order valence-electron chi connectivity index (χ1n) is 1.98. The molecule has 4 heteroatoms. The summed E-state index contributed by atoms with van der Waals surface area (Å²) in [6.45, 7) is 2.03. The van der Waals surface area contributed by atoms with Gasteiger partial charge in [-0.15, -0.1) is 11.3 Å². The molecule has 1 heterocycles. The van der Waals surface area contributed by atoms with Crippen molar-refractivity contribution in [1.82, 2.24) is 4.98 Å². The third-order valence-electron chi connectivity index (χ3n) is 0.714. The Morgan fingerprint density at radius 1 is 1.50 bits per heavy atom. The van der Waals surface area contributed by atoms with E-state index >= 15 is 0 Å². The number of thiazole rings is 1. The summed E-state index contributed by atoms with van der Waals surface area (Å²) < 4.78 is 2.43. The van der Waals surface area contributed by atoms with Crippen molar-refractivity contribution in [3.63, 3.8) is 0 Å². The van der Waals surface area contributed by atoms with Gasteiger partial charge in [0.15, 0.2) is 3.01 Å². The van der Waals surface area contributed by atoms with E-state index in [0.717, 1.165) is 8.71 Å². The fraction of sp³-hybridized carbons (Fsp3) is 0.250. The van der Waals surface area contributed by atoms with E-state index in [0.29, 0.717) is 0 Å². The van der Waals surface area contributed by atoms with E-state index < -0.39 is 0 Å². The number of aromatic nitrogens is 1. The maximum atomic E-state index is 4.21. The van der Waals surface area contributed by atoms with Crippen molar-refractivity contribution in [2.45, 2.75) is 6.92 Å². The molecule has 0 bridgehead atoms. The molecule has 0 N–H and O–H groups in total. The van der Waals surface area contributed by atoms with Crippen molar-refractivity contribution in [1.29, 1.82) is 0 Å². The molecule has 0 saturated carbocycles. The normalized spacial score (nSPS) is 9.88. The van der Waals surface area contributed by atoms with Gasteiger partial charge in [0.1, 0.15) is 0 Å². The summed E-state index contributed by atoms with van der Waals surface area (Å²) >= 11 is 6.26. The standard InChI is InChI=1S/C4H3I2NS/c1-2-3(5)8-4(6)7-2/h1H3. The second kappa shape index (κ2) is 2.78. The molecular weight excluding hydrogens is 348 g/mol. The van der Waals surface area contributed by atoms with Gasteiger partial charge in [0.05, 0.1) is 8.58 Å². The summed E-state index contributed by atoms with van der Waals surface area (Å²) in [7, 11) is 0. The van der Waals surface area contributed by atoms with Gasteiger partial charge in [-0.1, -0.05) is 0 Å². The minimum Gasteiger partial charge on any atom is -0.234 e. The monoisotopic (exact) mass is 351 g/mol. The van der Waals surface area contributed by atoms with Gasteiger partial charge < -0.3 is 0 Å². The highest BCUT2D eigenvalue weighted by Gasteiger charge is 1.98. The van der Waals surface area contributed by atoms with Gasteiger partial charge in [-0.2, -0.15) is 0 Å². The molecule has 0 aliphatic rings. The molecule has 0 amide bonds. The molecule has 8 heavy (non-hydrogen) atoms. The van der Waals surface area contributed by atoms with E-state index in [1.54, 1.807) is 11.3 Å². The van der Waals surface area contributed by atoms with Crippen molar-refractivity contribution in [3.8, 4) is 0 Å². The number of rotatable bonds is 0. The van der Waals surface area contributed by atoms with Gasteiger partial charge in [-0.05, 0) is 52.1 Å². The van der Waals surface area contributed by atoms with Crippen LogP contribution in [0.5, 0.6) is 0 Å². The topological polar surface area (TPSA) is 12.9 Å². The largest absolute Gasteiger partial charge is 0.234 e. The summed E-state index contributed by atoms with van der Waals surface area (Å²) in [5.74, 6) is 0. The lowest BCUT2D eigenvalue weighted by atomic mass is 10.6. The quantitative estimate of drug-likeness (QED) is 0.655. The van der Waals surface area contributed by atoms with Gasteiger partial charge in [-0.25, -0.2) is 4.98 Å². The average molecular weight is 351 g/mol. The van der Waals surface area contributed by atoms with Crippen molar-refractivity contribution in [3.05, 3.63) is 11.6 Å². The highest BCUT2D eigenvalue weighted by molar-refractivity contribution is 14.1. The highest BCUT2D eigenvalue weighted by atomic mass is 127. The second-order valence-corrected chi connectivity index (χ2v) is 5.89.